The fraction of sp³-hybridized carbons (Fsp3) is 0.167. The lowest BCUT2D eigenvalue weighted by molar-refractivity contribution is 0.317. The maximum atomic E-state index is 12.6. The summed E-state index contributed by atoms with van der Waals surface area (Å²) < 4.78 is 7.05. The molecule has 24 heavy (non-hydrogen) atoms. The normalized spacial score (nSPS) is 11.2. The van der Waals surface area contributed by atoms with Gasteiger partial charge in [0, 0.05) is 5.56 Å². The molecule has 2 heterocycles. The lowest BCUT2D eigenvalue weighted by Gasteiger charge is -2.04. The fourth-order valence-electron chi connectivity index (χ4n) is 2.51. The van der Waals surface area contributed by atoms with E-state index in [9.17, 15) is 4.79 Å². The van der Waals surface area contributed by atoms with Crippen LogP contribution in [0.4, 0.5) is 0 Å². The lowest BCUT2D eigenvalue weighted by atomic mass is 10.2. The minimum Gasteiger partial charge on any atom is -0.494 e. The van der Waals surface area contributed by atoms with Crippen LogP contribution in [0.25, 0.3) is 26.4 Å². The van der Waals surface area contributed by atoms with Crippen LogP contribution in [0.5, 0.6) is 5.75 Å². The number of benzene rings is 2. The van der Waals surface area contributed by atoms with E-state index >= 15 is 0 Å². The molecule has 0 saturated heterocycles. The molecular weight excluding hydrogens is 322 g/mol. The zero-order valence-corrected chi connectivity index (χ0v) is 13.9. The smallest absolute Gasteiger partial charge is 0.283 e. The summed E-state index contributed by atoms with van der Waals surface area (Å²) in [4.78, 5) is 17.7. The zero-order chi connectivity index (χ0) is 16.5. The molecule has 5 nitrogen and oxygen atoms in total. The summed E-state index contributed by atoms with van der Waals surface area (Å²) in [7, 11) is 0. The van der Waals surface area contributed by atoms with Crippen molar-refractivity contribution in [2.24, 2.45) is 0 Å². The van der Waals surface area contributed by atoms with Gasteiger partial charge in [-0.3, -0.25) is 4.79 Å². The van der Waals surface area contributed by atoms with Gasteiger partial charge in [-0.15, -0.1) is 0 Å². The topological polar surface area (TPSA) is 56.5 Å². The molecule has 2 aromatic carbocycles. The molecule has 0 unspecified atom stereocenters. The number of hydrogen-bond donors (Lipinski definition) is 0. The van der Waals surface area contributed by atoms with Gasteiger partial charge >= 0.3 is 0 Å². The summed E-state index contributed by atoms with van der Waals surface area (Å²) in [6.07, 6.45) is 0.956. The van der Waals surface area contributed by atoms with Crippen LogP contribution >= 0.6 is 11.3 Å². The molecular formula is C18H15N3O2S. The highest BCUT2D eigenvalue weighted by Gasteiger charge is 2.12. The maximum Gasteiger partial charge on any atom is 0.283 e. The Balaban J connectivity index is 1.85. The van der Waals surface area contributed by atoms with Gasteiger partial charge in [0.15, 0.2) is 0 Å². The molecule has 6 heteroatoms. The third-order valence-corrected chi connectivity index (χ3v) is 4.61. The van der Waals surface area contributed by atoms with Crippen molar-refractivity contribution in [1.29, 1.82) is 0 Å². The van der Waals surface area contributed by atoms with Crippen molar-refractivity contribution in [1.82, 2.24) is 14.6 Å². The number of rotatable bonds is 4. The molecule has 0 saturated carbocycles. The van der Waals surface area contributed by atoms with Crippen LogP contribution < -0.4 is 10.3 Å². The molecule has 0 amide bonds. The van der Waals surface area contributed by atoms with E-state index in [1.165, 1.54) is 15.9 Å². The highest BCUT2D eigenvalue weighted by molar-refractivity contribution is 7.19. The molecule has 120 valence electrons. The molecule has 0 fully saturated rings. The molecule has 0 bridgehead atoms. The summed E-state index contributed by atoms with van der Waals surface area (Å²) in [5.74, 6) is 0.805. The Labute approximate surface area is 142 Å². The van der Waals surface area contributed by atoms with Crippen LogP contribution in [0.15, 0.2) is 53.3 Å². The van der Waals surface area contributed by atoms with Gasteiger partial charge in [0.2, 0.25) is 4.96 Å². The van der Waals surface area contributed by atoms with Crippen molar-refractivity contribution in [3.63, 3.8) is 0 Å². The van der Waals surface area contributed by atoms with Gasteiger partial charge in [0.25, 0.3) is 5.56 Å². The van der Waals surface area contributed by atoms with Crippen molar-refractivity contribution in [3.8, 4) is 16.3 Å². The van der Waals surface area contributed by atoms with Crippen molar-refractivity contribution in [2.75, 3.05) is 6.61 Å². The molecule has 0 atom stereocenters. The van der Waals surface area contributed by atoms with E-state index in [1.54, 1.807) is 6.07 Å². The summed E-state index contributed by atoms with van der Waals surface area (Å²) >= 11 is 1.40. The predicted octanol–water partition coefficient (Wildman–Crippen LogP) is 3.76. The van der Waals surface area contributed by atoms with Crippen LogP contribution in [0.3, 0.4) is 0 Å². The molecule has 4 rings (SSSR count). The Bertz CT molecular complexity index is 1080. The molecule has 2 aromatic heterocycles. The third kappa shape index (κ3) is 2.55. The van der Waals surface area contributed by atoms with E-state index in [1.807, 2.05) is 42.5 Å². The Kier molecular flexibility index (Phi) is 3.74. The average molecular weight is 337 g/mol. The Morgan fingerprint density at radius 1 is 1.17 bits per heavy atom. The van der Waals surface area contributed by atoms with E-state index < -0.39 is 0 Å². The van der Waals surface area contributed by atoms with Gasteiger partial charge in [-0.25, -0.2) is 4.98 Å². The second kappa shape index (κ2) is 6.05. The van der Waals surface area contributed by atoms with Gasteiger partial charge < -0.3 is 4.74 Å². The SMILES string of the molecule is CCCOc1cccc(-c2nn3c(=O)c4ccccc4nc3s2)c1. The van der Waals surface area contributed by atoms with Crippen LogP contribution in [-0.2, 0) is 0 Å². The van der Waals surface area contributed by atoms with Crippen LogP contribution in [0.1, 0.15) is 13.3 Å². The first kappa shape index (κ1) is 14.8. The number of fused-ring (bicyclic) bond motifs is 2. The highest BCUT2D eigenvalue weighted by atomic mass is 32.1. The van der Waals surface area contributed by atoms with Crippen molar-refractivity contribution >= 4 is 27.2 Å². The number of para-hydroxylation sites is 1. The van der Waals surface area contributed by atoms with Crippen molar-refractivity contribution in [3.05, 3.63) is 58.9 Å². The number of hydrogen-bond acceptors (Lipinski definition) is 5. The van der Waals surface area contributed by atoms with Crippen LogP contribution in [0, 0.1) is 0 Å². The Morgan fingerprint density at radius 2 is 2.04 bits per heavy atom. The van der Waals surface area contributed by atoms with Crippen LogP contribution in [-0.4, -0.2) is 21.2 Å². The fourth-order valence-corrected chi connectivity index (χ4v) is 3.41. The van der Waals surface area contributed by atoms with Crippen molar-refractivity contribution < 1.29 is 4.74 Å². The van der Waals surface area contributed by atoms with Crippen molar-refractivity contribution in [2.45, 2.75) is 13.3 Å². The third-order valence-electron chi connectivity index (χ3n) is 3.66. The average Bonchev–Trinajstić information content (AvgIpc) is 3.05. The lowest BCUT2D eigenvalue weighted by Crippen LogP contribution is -2.14. The monoisotopic (exact) mass is 337 g/mol. The van der Waals surface area contributed by atoms with E-state index in [0.717, 1.165) is 22.7 Å². The quantitative estimate of drug-likeness (QED) is 0.569. The first-order valence-corrected chi connectivity index (χ1v) is 8.60. The van der Waals surface area contributed by atoms with E-state index in [0.29, 0.717) is 22.5 Å². The van der Waals surface area contributed by atoms with Gasteiger partial charge in [-0.05, 0) is 30.7 Å². The first-order chi connectivity index (χ1) is 11.8. The maximum absolute atomic E-state index is 12.6. The molecule has 0 radical (unpaired) electrons. The Hall–Kier alpha value is -2.73. The molecule has 4 aromatic rings. The zero-order valence-electron chi connectivity index (χ0n) is 13.1. The van der Waals surface area contributed by atoms with E-state index in [-0.39, 0.29) is 5.56 Å². The summed E-state index contributed by atoms with van der Waals surface area (Å²) in [6, 6.07) is 15.1. The standard InChI is InChI=1S/C18H15N3O2S/c1-2-10-23-13-7-5-6-12(11-13)16-20-21-17(22)14-8-3-4-9-15(14)19-18(21)24-16/h3-9,11H,2,10H2,1H3. The molecule has 0 aliphatic carbocycles. The minimum absolute atomic E-state index is 0.142. The minimum atomic E-state index is -0.142. The summed E-state index contributed by atoms with van der Waals surface area (Å²) in [5.41, 5.74) is 1.47. The molecule has 0 aliphatic heterocycles. The number of aromatic nitrogens is 3. The van der Waals surface area contributed by atoms with E-state index in [4.69, 9.17) is 4.74 Å². The molecule has 0 aliphatic rings. The second-order valence-corrected chi connectivity index (χ2v) is 6.37. The summed E-state index contributed by atoms with van der Waals surface area (Å²) in [6.45, 7) is 2.75. The Morgan fingerprint density at radius 3 is 2.92 bits per heavy atom. The first-order valence-electron chi connectivity index (χ1n) is 7.78. The van der Waals surface area contributed by atoms with Gasteiger partial charge in [0.1, 0.15) is 10.8 Å². The predicted molar refractivity (Wildman–Crippen MR) is 95.9 cm³/mol. The largest absolute Gasteiger partial charge is 0.494 e. The van der Waals surface area contributed by atoms with Gasteiger partial charge in [0.05, 0.1) is 17.5 Å². The number of nitrogens with zero attached hydrogens (tertiary/aromatic N) is 3. The number of ether oxygens (including phenoxy) is 1. The molecule has 0 N–H and O–H groups in total. The highest BCUT2D eigenvalue weighted by Crippen LogP contribution is 2.28. The van der Waals surface area contributed by atoms with Crippen LogP contribution in [0.2, 0.25) is 0 Å². The molecule has 0 spiro atoms. The van der Waals surface area contributed by atoms with Gasteiger partial charge in [-0.1, -0.05) is 42.5 Å². The van der Waals surface area contributed by atoms with Gasteiger partial charge in [-0.2, -0.15) is 9.61 Å². The van der Waals surface area contributed by atoms with E-state index in [2.05, 4.69) is 17.0 Å². The second-order valence-electron chi connectivity index (χ2n) is 5.41. The summed E-state index contributed by atoms with van der Waals surface area (Å²) in [5, 5.41) is 5.78.